The number of aliphatic hydroxyl groups excluding tert-OH is 1. The van der Waals surface area contributed by atoms with Gasteiger partial charge in [-0.2, -0.15) is 0 Å². The van der Waals surface area contributed by atoms with Crippen LogP contribution >= 0.6 is 0 Å². The summed E-state index contributed by atoms with van der Waals surface area (Å²) >= 11 is 0. The molecule has 2 aromatic rings. The van der Waals surface area contributed by atoms with Crippen LogP contribution in [0, 0.1) is 18.6 Å². The van der Waals surface area contributed by atoms with Crippen LogP contribution in [0.25, 0.3) is 0 Å². The zero-order chi connectivity index (χ0) is 13.8. The topological polar surface area (TPSA) is 29.5 Å². The third kappa shape index (κ3) is 3.29. The highest BCUT2D eigenvalue weighted by Gasteiger charge is 2.13. The highest BCUT2D eigenvalue weighted by atomic mass is 19.1. The van der Waals surface area contributed by atoms with Crippen LogP contribution in [-0.2, 0) is 0 Å². The van der Waals surface area contributed by atoms with Crippen LogP contribution in [-0.4, -0.2) is 11.7 Å². The van der Waals surface area contributed by atoms with Crippen molar-refractivity contribution in [3.8, 4) is 5.75 Å². The molecule has 0 radical (unpaired) electrons. The Morgan fingerprint density at radius 3 is 2.37 bits per heavy atom. The zero-order valence-corrected chi connectivity index (χ0v) is 10.4. The van der Waals surface area contributed by atoms with E-state index in [0.29, 0.717) is 5.56 Å². The van der Waals surface area contributed by atoms with Gasteiger partial charge in [-0.05, 0) is 24.6 Å². The molecule has 2 rings (SSSR count). The van der Waals surface area contributed by atoms with Crippen molar-refractivity contribution in [2.45, 2.75) is 13.0 Å². The molecule has 100 valence electrons. The van der Waals surface area contributed by atoms with E-state index in [4.69, 9.17) is 4.74 Å². The molecule has 19 heavy (non-hydrogen) atoms. The van der Waals surface area contributed by atoms with E-state index in [0.717, 1.165) is 17.7 Å². The van der Waals surface area contributed by atoms with Crippen molar-refractivity contribution in [2.75, 3.05) is 6.61 Å². The maximum Gasteiger partial charge on any atom is 0.190 e. The highest BCUT2D eigenvalue weighted by molar-refractivity contribution is 5.27. The van der Waals surface area contributed by atoms with E-state index in [1.807, 2.05) is 13.0 Å². The lowest BCUT2D eigenvalue weighted by molar-refractivity contribution is 0.103. The van der Waals surface area contributed by atoms with Gasteiger partial charge in [0.2, 0.25) is 0 Å². The quantitative estimate of drug-likeness (QED) is 0.917. The summed E-state index contributed by atoms with van der Waals surface area (Å²) in [5.41, 5.74) is 1.64. The molecule has 1 N–H and O–H groups in total. The SMILES string of the molecule is Cc1cccc(C(O)COc2c(F)cccc2F)c1. The first-order valence-electron chi connectivity index (χ1n) is 5.89. The van der Waals surface area contributed by atoms with E-state index >= 15 is 0 Å². The Kier molecular flexibility index (Phi) is 4.12. The summed E-state index contributed by atoms with van der Waals surface area (Å²) in [4.78, 5) is 0. The fraction of sp³-hybridized carbons (Fsp3) is 0.200. The zero-order valence-electron chi connectivity index (χ0n) is 10.4. The van der Waals surface area contributed by atoms with Crippen LogP contribution in [0.2, 0.25) is 0 Å². The van der Waals surface area contributed by atoms with Gasteiger partial charge in [-0.1, -0.05) is 35.9 Å². The van der Waals surface area contributed by atoms with Crippen molar-refractivity contribution < 1.29 is 18.6 Å². The summed E-state index contributed by atoms with van der Waals surface area (Å²) in [5, 5.41) is 9.92. The first-order valence-corrected chi connectivity index (χ1v) is 5.89. The van der Waals surface area contributed by atoms with E-state index in [1.54, 1.807) is 18.2 Å². The van der Waals surface area contributed by atoms with Crippen molar-refractivity contribution in [3.05, 3.63) is 65.2 Å². The van der Waals surface area contributed by atoms with Gasteiger partial charge in [-0.25, -0.2) is 8.78 Å². The lowest BCUT2D eigenvalue weighted by Gasteiger charge is -2.14. The molecule has 0 aliphatic carbocycles. The van der Waals surface area contributed by atoms with E-state index < -0.39 is 23.5 Å². The van der Waals surface area contributed by atoms with Crippen LogP contribution < -0.4 is 4.74 Å². The van der Waals surface area contributed by atoms with E-state index in [1.165, 1.54) is 6.07 Å². The minimum atomic E-state index is -0.932. The Bertz CT molecular complexity index is 550. The summed E-state index contributed by atoms with van der Waals surface area (Å²) in [6, 6.07) is 10.7. The molecule has 0 bridgehead atoms. The normalized spacial score (nSPS) is 12.2. The molecular formula is C15H14F2O2. The largest absolute Gasteiger partial charge is 0.484 e. The number of para-hydroxylation sites is 1. The Morgan fingerprint density at radius 2 is 1.74 bits per heavy atom. The van der Waals surface area contributed by atoms with Gasteiger partial charge >= 0.3 is 0 Å². The van der Waals surface area contributed by atoms with Gasteiger partial charge in [-0.15, -0.1) is 0 Å². The third-order valence-corrected chi connectivity index (χ3v) is 2.73. The predicted octanol–water partition coefficient (Wildman–Crippen LogP) is 3.39. The van der Waals surface area contributed by atoms with Gasteiger partial charge in [0, 0.05) is 0 Å². The van der Waals surface area contributed by atoms with Crippen molar-refractivity contribution in [1.82, 2.24) is 0 Å². The summed E-state index contributed by atoms with van der Waals surface area (Å²) < 4.78 is 31.7. The molecule has 0 aliphatic heterocycles. The first-order chi connectivity index (χ1) is 9.08. The smallest absolute Gasteiger partial charge is 0.190 e. The van der Waals surface area contributed by atoms with Gasteiger partial charge in [0.05, 0.1) is 0 Å². The lowest BCUT2D eigenvalue weighted by atomic mass is 10.1. The fourth-order valence-corrected chi connectivity index (χ4v) is 1.76. The molecule has 0 saturated carbocycles. The number of aryl methyl sites for hydroxylation is 1. The summed E-state index contributed by atoms with van der Waals surface area (Å²) in [7, 11) is 0. The summed E-state index contributed by atoms with van der Waals surface area (Å²) in [6.07, 6.45) is -0.932. The van der Waals surface area contributed by atoms with Crippen molar-refractivity contribution >= 4 is 0 Å². The van der Waals surface area contributed by atoms with Crippen molar-refractivity contribution in [3.63, 3.8) is 0 Å². The Hall–Kier alpha value is -1.94. The fourth-order valence-electron chi connectivity index (χ4n) is 1.76. The van der Waals surface area contributed by atoms with E-state index in [-0.39, 0.29) is 6.61 Å². The maximum atomic E-state index is 13.3. The van der Waals surface area contributed by atoms with Crippen LogP contribution in [0.3, 0.4) is 0 Å². The number of benzene rings is 2. The molecule has 1 unspecified atom stereocenters. The number of halogens is 2. The van der Waals surface area contributed by atoms with Crippen LogP contribution in [0.1, 0.15) is 17.2 Å². The van der Waals surface area contributed by atoms with E-state index in [2.05, 4.69) is 0 Å². The Balaban J connectivity index is 2.06. The minimum Gasteiger partial charge on any atom is -0.484 e. The molecule has 4 heteroatoms. The van der Waals surface area contributed by atoms with Gasteiger partial charge in [0.1, 0.15) is 12.7 Å². The molecule has 0 heterocycles. The molecule has 0 spiro atoms. The number of rotatable bonds is 4. The summed E-state index contributed by atoms with van der Waals surface area (Å²) in [6.45, 7) is 1.69. The number of ether oxygens (including phenoxy) is 1. The standard InChI is InChI=1S/C15H14F2O2/c1-10-4-2-5-11(8-10)14(18)9-19-15-12(16)6-3-7-13(15)17/h2-8,14,18H,9H2,1H3. The second-order valence-corrected chi connectivity index (χ2v) is 4.29. The predicted molar refractivity (Wildman–Crippen MR) is 68.0 cm³/mol. The van der Waals surface area contributed by atoms with Gasteiger partial charge in [-0.3, -0.25) is 0 Å². The molecule has 0 aliphatic rings. The molecule has 0 aromatic heterocycles. The molecule has 0 amide bonds. The van der Waals surface area contributed by atoms with Gasteiger partial charge in [0.25, 0.3) is 0 Å². The monoisotopic (exact) mass is 264 g/mol. The molecule has 1 atom stereocenters. The Morgan fingerprint density at radius 1 is 1.11 bits per heavy atom. The summed E-state index contributed by atoms with van der Waals surface area (Å²) in [5.74, 6) is -2.03. The molecular weight excluding hydrogens is 250 g/mol. The molecule has 2 aromatic carbocycles. The van der Waals surface area contributed by atoms with Gasteiger partial charge < -0.3 is 9.84 Å². The number of hydrogen-bond donors (Lipinski definition) is 1. The second kappa shape index (κ2) is 5.80. The molecule has 2 nitrogen and oxygen atoms in total. The van der Waals surface area contributed by atoms with Crippen LogP contribution in [0.15, 0.2) is 42.5 Å². The minimum absolute atomic E-state index is 0.207. The third-order valence-electron chi connectivity index (χ3n) is 2.73. The van der Waals surface area contributed by atoms with Gasteiger partial charge in [0.15, 0.2) is 17.4 Å². The average molecular weight is 264 g/mol. The van der Waals surface area contributed by atoms with Crippen LogP contribution in [0.4, 0.5) is 8.78 Å². The number of hydrogen-bond acceptors (Lipinski definition) is 2. The lowest BCUT2D eigenvalue weighted by Crippen LogP contribution is -2.11. The molecule has 0 saturated heterocycles. The first kappa shape index (κ1) is 13.5. The van der Waals surface area contributed by atoms with Crippen molar-refractivity contribution in [2.24, 2.45) is 0 Å². The van der Waals surface area contributed by atoms with Crippen molar-refractivity contribution in [1.29, 1.82) is 0 Å². The average Bonchev–Trinajstić information content (AvgIpc) is 2.38. The second-order valence-electron chi connectivity index (χ2n) is 4.29. The van der Waals surface area contributed by atoms with Crippen LogP contribution in [0.5, 0.6) is 5.75 Å². The Labute approximate surface area is 110 Å². The van der Waals surface area contributed by atoms with E-state index in [9.17, 15) is 13.9 Å². The molecule has 0 fully saturated rings. The highest BCUT2D eigenvalue weighted by Crippen LogP contribution is 2.23. The number of aliphatic hydroxyl groups is 1. The maximum absolute atomic E-state index is 13.3.